The highest BCUT2D eigenvalue weighted by molar-refractivity contribution is 6.29. The maximum absolute atomic E-state index is 11.9. The molecule has 0 saturated carbocycles. The van der Waals surface area contributed by atoms with Crippen LogP contribution in [0.4, 0.5) is 19.0 Å². The first kappa shape index (κ1) is 13.2. The zero-order chi connectivity index (χ0) is 13.2. The van der Waals surface area contributed by atoms with E-state index in [-0.39, 0.29) is 5.15 Å². The zero-order valence-corrected chi connectivity index (χ0v) is 8.50. The van der Waals surface area contributed by atoms with Crippen LogP contribution in [0.25, 0.3) is 0 Å². The summed E-state index contributed by atoms with van der Waals surface area (Å²) in [4.78, 5) is 27.7. The summed E-state index contributed by atoms with van der Waals surface area (Å²) in [6.45, 7) is 0. The lowest BCUT2D eigenvalue weighted by atomic mass is 10.4. The number of hydrogen-bond acceptors (Lipinski definition) is 4. The van der Waals surface area contributed by atoms with Crippen LogP contribution in [0.5, 0.6) is 0 Å². The van der Waals surface area contributed by atoms with Crippen LogP contribution in [-0.2, 0) is 4.79 Å². The minimum atomic E-state index is -5.16. The van der Waals surface area contributed by atoms with Crippen LogP contribution in [0.15, 0.2) is 6.20 Å². The lowest BCUT2D eigenvalue weighted by molar-refractivity contribution is -0.167. The Labute approximate surface area is 96.4 Å². The molecule has 0 fully saturated rings. The predicted molar refractivity (Wildman–Crippen MR) is 48.7 cm³/mol. The SMILES string of the molecule is O=C(O)c1nc(Cl)cnc1NC(=O)C(F)(F)F. The first-order valence-corrected chi connectivity index (χ1v) is 4.23. The molecule has 0 aromatic carbocycles. The number of carbonyl (C=O) groups is 2. The van der Waals surface area contributed by atoms with Gasteiger partial charge in [-0.2, -0.15) is 13.2 Å². The van der Waals surface area contributed by atoms with E-state index in [1.165, 1.54) is 5.32 Å². The van der Waals surface area contributed by atoms with E-state index in [0.717, 1.165) is 6.20 Å². The van der Waals surface area contributed by atoms with E-state index in [1.54, 1.807) is 0 Å². The molecule has 0 spiro atoms. The number of nitrogens with one attached hydrogen (secondary N) is 1. The summed E-state index contributed by atoms with van der Waals surface area (Å²) in [6.07, 6.45) is -4.35. The molecule has 1 heterocycles. The molecule has 17 heavy (non-hydrogen) atoms. The molecule has 6 nitrogen and oxygen atoms in total. The van der Waals surface area contributed by atoms with Crippen molar-refractivity contribution in [1.82, 2.24) is 9.97 Å². The molecule has 1 aromatic heterocycles. The molecule has 0 bridgehead atoms. The smallest absolute Gasteiger partial charge is 0.471 e. The van der Waals surface area contributed by atoms with Crippen molar-refractivity contribution in [3.8, 4) is 0 Å². The van der Waals surface area contributed by atoms with Gasteiger partial charge in [0.2, 0.25) is 0 Å². The Balaban J connectivity index is 3.07. The minimum absolute atomic E-state index is 0.326. The van der Waals surface area contributed by atoms with Crippen LogP contribution in [-0.4, -0.2) is 33.1 Å². The summed E-state index contributed by atoms with van der Waals surface area (Å²) in [6, 6.07) is 0. The van der Waals surface area contributed by atoms with Crippen molar-refractivity contribution in [2.24, 2.45) is 0 Å². The number of rotatable bonds is 2. The number of aromatic nitrogens is 2. The van der Waals surface area contributed by atoms with Gasteiger partial charge in [-0.1, -0.05) is 11.6 Å². The van der Waals surface area contributed by atoms with Gasteiger partial charge in [0, 0.05) is 0 Å². The summed E-state index contributed by atoms with van der Waals surface area (Å²) < 4.78 is 35.7. The second-order valence-corrected chi connectivity index (χ2v) is 3.03. The third kappa shape index (κ3) is 3.28. The van der Waals surface area contributed by atoms with E-state index in [2.05, 4.69) is 9.97 Å². The zero-order valence-electron chi connectivity index (χ0n) is 7.75. The van der Waals surface area contributed by atoms with Crippen molar-refractivity contribution in [1.29, 1.82) is 0 Å². The topological polar surface area (TPSA) is 92.2 Å². The van der Waals surface area contributed by atoms with Gasteiger partial charge < -0.3 is 10.4 Å². The summed E-state index contributed by atoms with van der Waals surface area (Å²) in [5.74, 6) is -4.85. The first-order chi connectivity index (χ1) is 7.71. The van der Waals surface area contributed by atoms with Gasteiger partial charge in [-0.05, 0) is 0 Å². The fraction of sp³-hybridized carbons (Fsp3) is 0.143. The monoisotopic (exact) mass is 269 g/mol. The van der Waals surface area contributed by atoms with Crippen LogP contribution >= 0.6 is 11.6 Å². The molecular formula is C7H3ClF3N3O3. The lowest BCUT2D eigenvalue weighted by Gasteiger charge is -2.08. The largest absolute Gasteiger partial charge is 0.476 e. The molecule has 0 saturated heterocycles. The van der Waals surface area contributed by atoms with E-state index < -0.39 is 29.6 Å². The number of alkyl halides is 3. The third-order valence-electron chi connectivity index (χ3n) is 1.44. The number of amides is 1. The standard InChI is InChI=1S/C7H3ClF3N3O3/c8-2-1-12-4(3(13-2)5(15)16)14-6(17)7(9,10)11/h1H,(H,15,16)(H,12,14,17). The van der Waals surface area contributed by atoms with Crippen LogP contribution < -0.4 is 5.32 Å². The van der Waals surface area contributed by atoms with E-state index >= 15 is 0 Å². The van der Waals surface area contributed by atoms with E-state index in [0.29, 0.717) is 0 Å². The minimum Gasteiger partial charge on any atom is -0.476 e. The van der Waals surface area contributed by atoms with E-state index in [9.17, 15) is 22.8 Å². The number of anilines is 1. The lowest BCUT2D eigenvalue weighted by Crippen LogP contribution is -2.31. The van der Waals surface area contributed by atoms with Crippen molar-refractivity contribution in [2.45, 2.75) is 6.18 Å². The molecule has 92 valence electrons. The van der Waals surface area contributed by atoms with Crippen molar-refractivity contribution in [3.63, 3.8) is 0 Å². The third-order valence-corrected chi connectivity index (χ3v) is 1.62. The molecule has 0 aliphatic carbocycles. The molecule has 1 aromatic rings. The van der Waals surface area contributed by atoms with Crippen molar-refractivity contribution >= 4 is 29.3 Å². The number of carboxylic acid groups (broad SMARTS) is 1. The molecule has 0 atom stereocenters. The summed E-state index contributed by atoms with van der Waals surface area (Å²) in [7, 11) is 0. The van der Waals surface area contributed by atoms with E-state index in [1.807, 2.05) is 0 Å². The number of aromatic carboxylic acids is 1. The summed E-state index contributed by atoms with van der Waals surface area (Å²) >= 11 is 5.32. The molecule has 1 amide bonds. The molecule has 0 unspecified atom stereocenters. The predicted octanol–water partition coefficient (Wildman–Crippen LogP) is 1.33. The molecule has 2 N–H and O–H groups in total. The van der Waals surface area contributed by atoms with Gasteiger partial charge in [0.05, 0.1) is 6.20 Å². The fourth-order valence-corrected chi connectivity index (χ4v) is 0.920. The molecular weight excluding hydrogens is 267 g/mol. The van der Waals surface area contributed by atoms with E-state index in [4.69, 9.17) is 16.7 Å². The fourth-order valence-electron chi connectivity index (χ4n) is 0.787. The molecule has 0 radical (unpaired) electrons. The Hall–Kier alpha value is -1.90. The molecule has 10 heteroatoms. The second kappa shape index (κ2) is 4.53. The quantitative estimate of drug-likeness (QED) is 0.845. The number of carboxylic acids is 1. The first-order valence-electron chi connectivity index (χ1n) is 3.86. The van der Waals surface area contributed by atoms with Crippen LogP contribution in [0, 0.1) is 0 Å². The van der Waals surface area contributed by atoms with Crippen molar-refractivity contribution in [2.75, 3.05) is 5.32 Å². The van der Waals surface area contributed by atoms with Crippen LogP contribution in [0.1, 0.15) is 10.5 Å². The average molecular weight is 270 g/mol. The van der Waals surface area contributed by atoms with Gasteiger partial charge in [-0.15, -0.1) is 0 Å². The number of halogens is 4. The highest BCUT2D eigenvalue weighted by Gasteiger charge is 2.39. The van der Waals surface area contributed by atoms with Gasteiger partial charge in [0.15, 0.2) is 11.5 Å². The number of nitrogens with zero attached hydrogens (tertiary/aromatic N) is 2. The van der Waals surface area contributed by atoms with Gasteiger partial charge in [-0.3, -0.25) is 4.79 Å². The Bertz CT molecular complexity index is 477. The maximum atomic E-state index is 11.9. The Kier molecular flexibility index (Phi) is 3.51. The highest BCUT2D eigenvalue weighted by atomic mass is 35.5. The second-order valence-electron chi connectivity index (χ2n) is 2.65. The average Bonchev–Trinajstić information content (AvgIpc) is 2.18. The van der Waals surface area contributed by atoms with Gasteiger partial charge in [0.1, 0.15) is 5.15 Å². The Morgan fingerprint density at radius 2 is 2.00 bits per heavy atom. The maximum Gasteiger partial charge on any atom is 0.471 e. The van der Waals surface area contributed by atoms with Gasteiger partial charge in [-0.25, -0.2) is 14.8 Å². The van der Waals surface area contributed by atoms with Crippen molar-refractivity contribution in [3.05, 3.63) is 17.0 Å². The number of hydrogen-bond donors (Lipinski definition) is 2. The van der Waals surface area contributed by atoms with Crippen molar-refractivity contribution < 1.29 is 27.9 Å². The summed E-state index contributed by atoms with van der Waals surface area (Å²) in [5, 5.41) is 9.57. The Morgan fingerprint density at radius 1 is 1.41 bits per heavy atom. The highest BCUT2D eigenvalue weighted by Crippen LogP contribution is 2.19. The Morgan fingerprint density at radius 3 is 2.47 bits per heavy atom. The number of carbonyl (C=O) groups excluding carboxylic acids is 1. The summed E-state index contributed by atoms with van der Waals surface area (Å²) in [5.41, 5.74) is -0.880. The van der Waals surface area contributed by atoms with Crippen LogP contribution in [0.2, 0.25) is 5.15 Å². The molecule has 1 rings (SSSR count). The molecule has 0 aliphatic rings. The normalized spacial score (nSPS) is 11.1. The van der Waals surface area contributed by atoms with Gasteiger partial charge in [0.25, 0.3) is 0 Å². The molecule has 0 aliphatic heterocycles. The van der Waals surface area contributed by atoms with Gasteiger partial charge >= 0.3 is 18.1 Å². The van der Waals surface area contributed by atoms with Crippen LogP contribution in [0.3, 0.4) is 0 Å².